The number of benzene rings is 1. The van der Waals surface area contributed by atoms with Gasteiger partial charge >= 0.3 is 5.97 Å². The van der Waals surface area contributed by atoms with Crippen molar-refractivity contribution < 1.29 is 29.0 Å². The van der Waals surface area contributed by atoms with Gasteiger partial charge in [-0.1, -0.05) is 0 Å². The highest BCUT2D eigenvalue weighted by molar-refractivity contribution is 9.10. The van der Waals surface area contributed by atoms with Crippen LogP contribution >= 0.6 is 27.7 Å². The Morgan fingerprint density at radius 1 is 1.35 bits per heavy atom. The number of ether oxygens (including phenoxy) is 2. The third kappa shape index (κ3) is 4.21. The molecule has 1 heterocycles. The Balaban J connectivity index is 2.31. The Kier molecular flexibility index (Phi) is 6.71. The van der Waals surface area contributed by atoms with Gasteiger partial charge in [-0.15, -0.1) is 0 Å². The number of nitrogens with zero attached hydrogens (tertiary/aromatic N) is 1. The molecular formula is C17H18BrNO6S. The molecule has 0 aromatic heterocycles. The monoisotopic (exact) mass is 443 g/mol. The number of hydrogen-bond donors (Lipinski definition) is 1. The van der Waals surface area contributed by atoms with Crippen LogP contribution < -0.4 is 4.74 Å². The second-order valence-corrected chi connectivity index (χ2v) is 7.11. The van der Waals surface area contributed by atoms with Crippen LogP contribution in [0, 0.1) is 0 Å². The lowest BCUT2D eigenvalue weighted by Crippen LogP contribution is -2.42. The second kappa shape index (κ2) is 8.59. The van der Waals surface area contributed by atoms with E-state index in [2.05, 4.69) is 15.9 Å². The number of amides is 2. The fourth-order valence-corrected chi connectivity index (χ4v) is 3.64. The molecule has 1 N–H and O–H groups in total. The van der Waals surface area contributed by atoms with Gasteiger partial charge in [0.2, 0.25) is 0 Å². The predicted molar refractivity (Wildman–Crippen MR) is 101 cm³/mol. The van der Waals surface area contributed by atoms with E-state index in [-0.39, 0.29) is 23.0 Å². The second-order valence-electron chi connectivity index (χ2n) is 5.26. The minimum Gasteiger partial charge on any atom is -0.503 e. The first-order chi connectivity index (χ1) is 12.3. The zero-order valence-electron chi connectivity index (χ0n) is 14.4. The van der Waals surface area contributed by atoms with Crippen molar-refractivity contribution in [3.8, 4) is 11.5 Å². The Hall–Kier alpha value is -2.00. The van der Waals surface area contributed by atoms with Crippen LogP contribution in [-0.4, -0.2) is 46.4 Å². The van der Waals surface area contributed by atoms with E-state index in [1.807, 2.05) is 0 Å². The Labute approximate surface area is 163 Å². The highest BCUT2D eigenvalue weighted by atomic mass is 79.9. The fourth-order valence-electron chi connectivity index (χ4n) is 2.28. The number of carbonyl (C=O) groups excluding carboxylic acids is 3. The van der Waals surface area contributed by atoms with Gasteiger partial charge < -0.3 is 14.6 Å². The summed E-state index contributed by atoms with van der Waals surface area (Å²) in [7, 11) is 0. The number of rotatable bonds is 6. The summed E-state index contributed by atoms with van der Waals surface area (Å²) < 4.78 is 10.6. The Bertz CT molecular complexity index is 779. The molecule has 0 bridgehead atoms. The summed E-state index contributed by atoms with van der Waals surface area (Å²) in [6, 6.07) is 2.16. The van der Waals surface area contributed by atoms with Crippen LogP contribution in [0.1, 0.15) is 26.3 Å². The summed E-state index contributed by atoms with van der Waals surface area (Å²) in [6.45, 7) is 5.40. The molecule has 9 heteroatoms. The van der Waals surface area contributed by atoms with Gasteiger partial charge in [0.05, 0.1) is 22.6 Å². The van der Waals surface area contributed by atoms with Gasteiger partial charge in [-0.2, -0.15) is 0 Å². The summed E-state index contributed by atoms with van der Waals surface area (Å²) in [5, 5.41) is 9.42. The smallest absolute Gasteiger partial charge is 0.329 e. The molecule has 1 aliphatic heterocycles. The maximum absolute atomic E-state index is 12.5. The number of phenolic OH excluding ortho intramolecular Hbond substituents is 1. The predicted octanol–water partition coefficient (Wildman–Crippen LogP) is 3.54. The van der Waals surface area contributed by atoms with Crippen molar-refractivity contribution in [2.45, 2.75) is 26.8 Å². The van der Waals surface area contributed by atoms with Crippen molar-refractivity contribution in [2.24, 2.45) is 0 Å². The van der Waals surface area contributed by atoms with Crippen molar-refractivity contribution in [1.82, 2.24) is 4.90 Å². The molecule has 7 nitrogen and oxygen atoms in total. The number of aromatic hydroxyl groups is 1. The average Bonchev–Trinajstić information content (AvgIpc) is 2.85. The van der Waals surface area contributed by atoms with Gasteiger partial charge in [0, 0.05) is 0 Å². The van der Waals surface area contributed by atoms with Gasteiger partial charge in [-0.25, -0.2) is 4.79 Å². The third-order valence-electron chi connectivity index (χ3n) is 3.49. The first-order valence-electron chi connectivity index (χ1n) is 7.89. The molecule has 1 aromatic rings. The molecule has 2 rings (SSSR count). The molecule has 1 aliphatic rings. The lowest BCUT2D eigenvalue weighted by molar-refractivity contribution is -0.150. The number of carbonyl (C=O) groups is 3. The van der Waals surface area contributed by atoms with E-state index in [0.717, 1.165) is 16.7 Å². The Morgan fingerprint density at radius 3 is 2.65 bits per heavy atom. The zero-order valence-corrected chi connectivity index (χ0v) is 16.8. The van der Waals surface area contributed by atoms with E-state index in [4.69, 9.17) is 9.47 Å². The number of hydrogen-bond acceptors (Lipinski definition) is 7. The maximum Gasteiger partial charge on any atom is 0.329 e. The summed E-state index contributed by atoms with van der Waals surface area (Å²) in [4.78, 5) is 37.6. The third-order valence-corrected chi connectivity index (χ3v) is 4.98. The van der Waals surface area contributed by atoms with Crippen molar-refractivity contribution in [1.29, 1.82) is 0 Å². The molecule has 2 amide bonds. The van der Waals surface area contributed by atoms with E-state index >= 15 is 0 Å². The normalized spacial score (nSPS) is 16.9. The van der Waals surface area contributed by atoms with E-state index in [0.29, 0.717) is 16.6 Å². The maximum atomic E-state index is 12.5. The summed E-state index contributed by atoms with van der Waals surface area (Å²) in [5.41, 5.74) is 0.562. The van der Waals surface area contributed by atoms with Gasteiger partial charge in [0.15, 0.2) is 11.5 Å². The summed E-state index contributed by atoms with van der Waals surface area (Å²) in [5.74, 6) is -0.995. The number of imide groups is 1. The van der Waals surface area contributed by atoms with Crippen LogP contribution in [0.25, 0.3) is 6.08 Å². The first-order valence-corrected chi connectivity index (χ1v) is 9.50. The standard InChI is InChI=1S/C17H18BrNO6S/c1-4-24-12-7-10(6-11(18)14(12)20)8-13-15(21)19(17(23)26-13)9(3)16(22)25-5-2/h6-9,20H,4-5H2,1-3H3. The van der Waals surface area contributed by atoms with Crippen LogP contribution in [-0.2, 0) is 14.3 Å². The first kappa shape index (κ1) is 20.3. The minimum absolute atomic E-state index is 0.0481. The zero-order chi connectivity index (χ0) is 19.4. The SMILES string of the molecule is CCOC(=O)C(C)N1C(=O)SC(=Cc2cc(Br)c(O)c(OCC)c2)C1=O. The molecule has 1 fully saturated rings. The lowest BCUT2D eigenvalue weighted by Gasteiger charge is -2.19. The molecular weight excluding hydrogens is 426 g/mol. The molecule has 0 spiro atoms. The molecule has 1 unspecified atom stereocenters. The van der Waals surface area contributed by atoms with E-state index in [1.165, 1.54) is 13.0 Å². The quantitative estimate of drug-likeness (QED) is 0.530. The molecule has 1 aromatic carbocycles. The van der Waals surface area contributed by atoms with Crippen LogP contribution in [0.15, 0.2) is 21.5 Å². The molecule has 0 saturated carbocycles. The molecule has 0 aliphatic carbocycles. The van der Waals surface area contributed by atoms with Crippen molar-refractivity contribution in [3.05, 3.63) is 27.1 Å². The number of esters is 1. The van der Waals surface area contributed by atoms with E-state index in [9.17, 15) is 19.5 Å². The molecule has 0 radical (unpaired) electrons. The number of phenols is 1. The Morgan fingerprint density at radius 2 is 2.04 bits per heavy atom. The number of halogens is 1. The topological polar surface area (TPSA) is 93.1 Å². The minimum atomic E-state index is -1.00. The van der Waals surface area contributed by atoms with Gasteiger partial charge in [0.25, 0.3) is 11.1 Å². The van der Waals surface area contributed by atoms with Gasteiger partial charge in [0.1, 0.15) is 6.04 Å². The molecule has 140 valence electrons. The van der Waals surface area contributed by atoms with Gasteiger partial charge in [-0.3, -0.25) is 14.5 Å². The average molecular weight is 444 g/mol. The molecule has 1 saturated heterocycles. The lowest BCUT2D eigenvalue weighted by atomic mass is 10.1. The van der Waals surface area contributed by atoms with Gasteiger partial charge in [-0.05, 0) is 72.2 Å². The van der Waals surface area contributed by atoms with Crippen LogP contribution in [0.3, 0.4) is 0 Å². The molecule has 1 atom stereocenters. The highest BCUT2D eigenvalue weighted by Crippen LogP contribution is 2.38. The van der Waals surface area contributed by atoms with Crippen molar-refractivity contribution in [3.63, 3.8) is 0 Å². The number of thioether (sulfide) groups is 1. The largest absolute Gasteiger partial charge is 0.503 e. The van der Waals surface area contributed by atoms with E-state index < -0.39 is 23.2 Å². The van der Waals surface area contributed by atoms with Crippen molar-refractivity contribution in [2.75, 3.05) is 13.2 Å². The van der Waals surface area contributed by atoms with E-state index in [1.54, 1.807) is 26.0 Å². The summed E-state index contributed by atoms with van der Waals surface area (Å²) >= 11 is 3.97. The van der Waals surface area contributed by atoms with Crippen LogP contribution in [0.5, 0.6) is 11.5 Å². The molecule has 26 heavy (non-hydrogen) atoms. The van der Waals surface area contributed by atoms with Crippen molar-refractivity contribution >= 4 is 50.9 Å². The fraction of sp³-hybridized carbons (Fsp3) is 0.353. The highest BCUT2D eigenvalue weighted by Gasteiger charge is 2.41. The van der Waals surface area contributed by atoms with Crippen LogP contribution in [0.2, 0.25) is 0 Å². The van der Waals surface area contributed by atoms with Crippen LogP contribution in [0.4, 0.5) is 4.79 Å². The summed E-state index contributed by atoms with van der Waals surface area (Å²) in [6.07, 6.45) is 1.51.